The van der Waals surface area contributed by atoms with Crippen LogP contribution in [0, 0.1) is 5.82 Å². The standard InChI is InChI=1S/C15H14ClFN4O2S/c16-10-2-1-3-11(17)12(10)13-19-20-14(24-13)18-15(22)21-8-4-5-9(21)7-23-6-8/h1-3,8-9H,4-7H2,(H,18,20,22). The molecule has 126 valence electrons. The van der Waals surface area contributed by atoms with Crippen molar-refractivity contribution in [3.8, 4) is 10.6 Å². The molecule has 0 radical (unpaired) electrons. The summed E-state index contributed by atoms with van der Waals surface area (Å²) in [6.07, 6.45) is 1.90. The molecule has 2 aliphatic rings. The van der Waals surface area contributed by atoms with Crippen LogP contribution in [0.2, 0.25) is 5.02 Å². The molecule has 1 aromatic heterocycles. The van der Waals surface area contributed by atoms with E-state index in [2.05, 4.69) is 15.5 Å². The van der Waals surface area contributed by atoms with E-state index in [0.29, 0.717) is 23.4 Å². The Hall–Kier alpha value is -1.77. The van der Waals surface area contributed by atoms with Gasteiger partial charge in [0.2, 0.25) is 5.13 Å². The molecule has 2 bridgehead atoms. The number of morpholine rings is 1. The number of anilines is 1. The molecule has 4 rings (SSSR count). The predicted octanol–water partition coefficient (Wildman–Crippen LogP) is 3.39. The molecule has 2 aliphatic heterocycles. The van der Waals surface area contributed by atoms with Crippen molar-refractivity contribution >= 4 is 34.1 Å². The van der Waals surface area contributed by atoms with Crippen LogP contribution in [0.1, 0.15) is 12.8 Å². The zero-order valence-electron chi connectivity index (χ0n) is 12.5. The number of carbonyl (C=O) groups is 1. The number of hydrogen-bond acceptors (Lipinski definition) is 5. The number of fused-ring (bicyclic) bond motifs is 2. The Morgan fingerprint density at radius 1 is 1.33 bits per heavy atom. The minimum absolute atomic E-state index is 0.108. The van der Waals surface area contributed by atoms with E-state index in [4.69, 9.17) is 16.3 Å². The molecule has 0 saturated carbocycles. The highest BCUT2D eigenvalue weighted by molar-refractivity contribution is 7.18. The normalized spacial score (nSPS) is 22.7. The van der Waals surface area contributed by atoms with E-state index in [1.165, 1.54) is 12.1 Å². The topological polar surface area (TPSA) is 67.4 Å². The smallest absolute Gasteiger partial charge is 0.324 e. The van der Waals surface area contributed by atoms with E-state index >= 15 is 0 Å². The van der Waals surface area contributed by atoms with Crippen molar-refractivity contribution in [2.45, 2.75) is 24.9 Å². The van der Waals surface area contributed by atoms with Gasteiger partial charge in [-0.3, -0.25) is 5.32 Å². The number of carbonyl (C=O) groups excluding carboxylic acids is 1. The van der Waals surface area contributed by atoms with Gasteiger partial charge in [-0.15, -0.1) is 10.2 Å². The number of amides is 2. The van der Waals surface area contributed by atoms with Crippen molar-refractivity contribution < 1.29 is 13.9 Å². The number of halogens is 2. The molecule has 2 amide bonds. The fourth-order valence-corrected chi connectivity index (χ4v) is 4.30. The van der Waals surface area contributed by atoms with Crippen molar-refractivity contribution in [3.05, 3.63) is 29.0 Å². The number of nitrogens with zero attached hydrogens (tertiary/aromatic N) is 3. The molecule has 2 saturated heterocycles. The lowest BCUT2D eigenvalue weighted by molar-refractivity contribution is 0.00949. The quantitative estimate of drug-likeness (QED) is 0.882. The molecule has 24 heavy (non-hydrogen) atoms. The summed E-state index contributed by atoms with van der Waals surface area (Å²) < 4.78 is 19.4. The van der Waals surface area contributed by atoms with Gasteiger partial charge in [-0.2, -0.15) is 0 Å². The van der Waals surface area contributed by atoms with Crippen LogP contribution in [-0.4, -0.2) is 46.4 Å². The summed E-state index contributed by atoms with van der Waals surface area (Å²) in [5, 5.41) is 11.5. The summed E-state index contributed by atoms with van der Waals surface area (Å²) in [5.74, 6) is -0.470. The summed E-state index contributed by atoms with van der Waals surface area (Å²) in [6.45, 7) is 1.13. The van der Waals surface area contributed by atoms with Gasteiger partial charge in [0.1, 0.15) is 5.82 Å². The summed E-state index contributed by atoms with van der Waals surface area (Å²) >= 11 is 7.13. The van der Waals surface area contributed by atoms with Gasteiger partial charge in [-0.1, -0.05) is 29.0 Å². The van der Waals surface area contributed by atoms with Crippen molar-refractivity contribution in [3.63, 3.8) is 0 Å². The molecule has 0 aliphatic carbocycles. The minimum atomic E-state index is -0.470. The first-order chi connectivity index (χ1) is 11.6. The molecule has 2 atom stereocenters. The third-order valence-electron chi connectivity index (χ3n) is 4.29. The van der Waals surface area contributed by atoms with Gasteiger partial charge in [0.15, 0.2) is 5.01 Å². The zero-order valence-corrected chi connectivity index (χ0v) is 14.1. The van der Waals surface area contributed by atoms with Gasteiger partial charge < -0.3 is 9.64 Å². The maximum Gasteiger partial charge on any atom is 0.324 e. The van der Waals surface area contributed by atoms with E-state index in [1.54, 1.807) is 6.07 Å². The van der Waals surface area contributed by atoms with Gasteiger partial charge in [-0.05, 0) is 25.0 Å². The molecule has 2 aromatic rings. The number of benzene rings is 1. The highest BCUT2D eigenvalue weighted by atomic mass is 35.5. The van der Waals surface area contributed by atoms with Crippen LogP contribution < -0.4 is 5.32 Å². The number of nitrogens with one attached hydrogen (secondary N) is 1. The van der Waals surface area contributed by atoms with E-state index in [9.17, 15) is 9.18 Å². The third-order valence-corrected chi connectivity index (χ3v) is 5.46. The third kappa shape index (κ3) is 2.74. The fourth-order valence-electron chi connectivity index (χ4n) is 3.19. The first kappa shape index (κ1) is 15.7. The predicted molar refractivity (Wildman–Crippen MR) is 88.8 cm³/mol. The van der Waals surface area contributed by atoms with Crippen molar-refractivity contribution in [2.75, 3.05) is 18.5 Å². The van der Waals surface area contributed by atoms with Gasteiger partial charge in [-0.25, -0.2) is 9.18 Å². The van der Waals surface area contributed by atoms with E-state index in [0.717, 1.165) is 24.2 Å². The Balaban J connectivity index is 1.53. The molecule has 1 aromatic carbocycles. The van der Waals surface area contributed by atoms with Crippen LogP contribution in [0.3, 0.4) is 0 Å². The second-order valence-electron chi connectivity index (χ2n) is 5.77. The van der Waals surface area contributed by atoms with Crippen LogP contribution in [0.5, 0.6) is 0 Å². The largest absolute Gasteiger partial charge is 0.377 e. The lowest BCUT2D eigenvalue weighted by Gasteiger charge is -2.34. The molecule has 2 fully saturated rings. The molecule has 0 spiro atoms. The van der Waals surface area contributed by atoms with Crippen LogP contribution in [0.4, 0.5) is 14.3 Å². The Bertz CT molecular complexity index is 750. The van der Waals surface area contributed by atoms with E-state index in [1.807, 2.05) is 4.90 Å². The summed E-state index contributed by atoms with van der Waals surface area (Å²) in [4.78, 5) is 14.3. The second kappa shape index (κ2) is 6.27. The zero-order chi connectivity index (χ0) is 16.7. The monoisotopic (exact) mass is 368 g/mol. The Labute approximate surface area is 146 Å². The lowest BCUT2D eigenvalue weighted by atomic mass is 10.2. The SMILES string of the molecule is O=C(Nc1nnc(-c2c(F)cccc2Cl)s1)N1C2CCC1COC2. The van der Waals surface area contributed by atoms with Gasteiger partial charge >= 0.3 is 6.03 Å². The minimum Gasteiger partial charge on any atom is -0.377 e. The molecule has 3 heterocycles. The second-order valence-corrected chi connectivity index (χ2v) is 7.15. The fraction of sp³-hybridized carbons (Fsp3) is 0.400. The molecular weight excluding hydrogens is 355 g/mol. The number of urea groups is 1. The van der Waals surface area contributed by atoms with Gasteiger partial charge in [0, 0.05) is 0 Å². The molecule has 1 N–H and O–H groups in total. The van der Waals surface area contributed by atoms with E-state index in [-0.39, 0.29) is 28.7 Å². The summed E-state index contributed by atoms with van der Waals surface area (Å²) in [7, 11) is 0. The Morgan fingerprint density at radius 3 is 2.79 bits per heavy atom. The molecule has 9 heteroatoms. The van der Waals surface area contributed by atoms with Crippen molar-refractivity contribution in [1.29, 1.82) is 0 Å². The highest BCUT2D eigenvalue weighted by Gasteiger charge is 2.40. The Kier molecular flexibility index (Phi) is 4.11. The van der Waals surface area contributed by atoms with Crippen LogP contribution in [-0.2, 0) is 4.74 Å². The van der Waals surface area contributed by atoms with Crippen molar-refractivity contribution in [2.24, 2.45) is 0 Å². The summed E-state index contributed by atoms with van der Waals surface area (Å²) in [6, 6.07) is 4.43. The number of aromatic nitrogens is 2. The van der Waals surface area contributed by atoms with Gasteiger partial charge in [0.05, 0.1) is 35.9 Å². The van der Waals surface area contributed by atoms with E-state index < -0.39 is 5.82 Å². The average molecular weight is 369 g/mol. The summed E-state index contributed by atoms with van der Waals surface area (Å²) in [5.41, 5.74) is 0.198. The van der Waals surface area contributed by atoms with Gasteiger partial charge in [0.25, 0.3) is 0 Å². The van der Waals surface area contributed by atoms with Crippen molar-refractivity contribution in [1.82, 2.24) is 15.1 Å². The highest BCUT2D eigenvalue weighted by Crippen LogP contribution is 2.35. The number of hydrogen-bond donors (Lipinski definition) is 1. The Morgan fingerprint density at radius 2 is 2.08 bits per heavy atom. The first-order valence-corrected chi connectivity index (χ1v) is 8.78. The van der Waals surface area contributed by atoms with Crippen LogP contribution in [0.25, 0.3) is 10.6 Å². The van der Waals surface area contributed by atoms with Crippen LogP contribution >= 0.6 is 22.9 Å². The number of rotatable bonds is 2. The molecular formula is C15H14ClFN4O2S. The molecule has 6 nitrogen and oxygen atoms in total. The molecule has 2 unspecified atom stereocenters. The average Bonchev–Trinajstić information content (AvgIpc) is 3.09. The van der Waals surface area contributed by atoms with Crippen LogP contribution in [0.15, 0.2) is 18.2 Å². The maximum atomic E-state index is 14.0. The lowest BCUT2D eigenvalue weighted by Crippen LogP contribution is -2.50. The maximum absolute atomic E-state index is 14.0. The first-order valence-electron chi connectivity index (χ1n) is 7.58. The number of ether oxygens (including phenoxy) is 1.